The molecule has 0 saturated carbocycles. The maximum absolute atomic E-state index is 11.8. The predicted molar refractivity (Wildman–Crippen MR) is 59.0 cm³/mol. The number of benzene rings is 1. The second kappa shape index (κ2) is 3.87. The number of carbonyl (C=O) groups is 1. The normalized spacial score (nSPS) is 10.1. The smallest absolute Gasteiger partial charge is 0.216 e. The Morgan fingerprint density at radius 1 is 1.29 bits per heavy atom. The van der Waals surface area contributed by atoms with Gasteiger partial charge in [0.2, 0.25) is 5.78 Å². The number of ketones is 1. The van der Waals surface area contributed by atoms with E-state index in [9.17, 15) is 4.79 Å². The second-order valence-corrected chi connectivity index (χ2v) is 3.75. The van der Waals surface area contributed by atoms with Crippen LogP contribution in [0.2, 0.25) is 0 Å². The Balaban J connectivity index is 2.39. The van der Waals surface area contributed by atoms with Gasteiger partial charge in [-0.3, -0.25) is 9.89 Å². The number of aromatic nitrogens is 3. The van der Waals surface area contributed by atoms with E-state index in [-0.39, 0.29) is 5.78 Å². The number of carbonyl (C=O) groups excluding carboxylic acids is 1. The fraction of sp³-hybridized carbons (Fsp3) is 0. The lowest BCUT2D eigenvalue weighted by atomic mass is 10.1. The Labute approximate surface area is 93.9 Å². The van der Waals surface area contributed by atoms with Gasteiger partial charge in [0.15, 0.2) is 5.69 Å². The van der Waals surface area contributed by atoms with Crippen LogP contribution in [-0.4, -0.2) is 21.2 Å². The molecule has 0 aliphatic rings. The zero-order valence-electron chi connectivity index (χ0n) is 7.07. The van der Waals surface area contributed by atoms with Gasteiger partial charge in [0, 0.05) is 5.56 Å². The van der Waals surface area contributed by atoms with Crippen LogP contribution in [0.1, 0.15) is 16.1 Å². The molecule has 0 fully saturated rings. The van der Waals surface area contributed by atoms with Crippen molar-refractivity contribution in [1.29, 1.82) is 0 Å². The quantitative estimate of drug-likeness (QED) is 0.677. The number of halogens is 1. The molecule has 2 rings (SSSR count). The molecule has 1 N–H and O–H groups in total. The average Bonchev–Trinajstić information content (AvgIpc) is 2.65. The minimum absolute atomic E-state index is 0.108. The van der Waals surface area contributed by atoms with Gasteiger partial charge in [-0.05, 0) is 22.6 Å². The summed E-state index contributed by atoms with van der Waals surface area (Å²) < 4.78 is 0.663. The average molecular weight is 299 g/mol. The molecule has 0 aliphatic carbocycles. The van der Waals surface area contributed by atoms with Crippen LogP contribution in [0.4, 0.5) is 0 Å². The minimum atomic E-state index is -0.108. The molecule has 4 nitrogen and oxygen atoms in total. The SMILES string of the molecule is O=C(c1ccccc1)c1nn[nH]c1I. The number of H-pyrrole nitrogens is 1. The largest absolute Gasteiger partial charge is 0.287 e. The van der Waals surface area contributed by atoms with Gasteiger partial charge in [-0.2, -0.15) is 0 Å². The van der Waals surface area contributed by atoms with Crippen molar-refractivity contribution in [3.05, 3.63) is 45.3 Å². The van der Waals surface area contributed by atoms with E-state index in [0.717, 1.165) is 0 Å². The minimum Gasteiger partial charge on any atom is -0.287 e. The maximum atomic E-state index is 11.8. The summed E-state index contributed by atoms with van der Waals surface area (Å²) in [6, 6.07) is 9.02. The topological polar surface area (TPSA) is 58.6 Å². The van der Waals surface area contributed by atoms with Crippen molar-refractivity contribution in [3.8, 4) is 0 Å². The van der Waals surface area contributed by atoms with Crippen LogP contribution in [0.25, 0.3) is 0 Å². The van der Waals surface area contributed by atoms with E-state index in [4.69, 9.17) is 0 Å². The van der Waals surface area contributed by atoms with Crippen LogP contribution in [0.3, 0.4) is 0 Å². The molecular weight excluding hydrogens is 293 g/mol. The number of hydrogen-bond acceptors (Lipinski definition) is 3. The summed E-state index contributed by atoms with van der Waals surface area (Å²) >= 11 is 2.00. The Hall–Kier alpha value is -1.24. The summed E-state index contributed by atoms with van der Waals surface area (Å²) in [6.45, 7) is 0. The van der Waals surface area contributed by atoms with Crippen molar-refractivity contribution in [2.45, 2.75) is 0 Å². The second-order valence-electron chi connectivity index (χ2n) is 2.67. The van der Waals surface area contributed by atoms with Gasteiger partial charge in [0.1, 0.15) is 3.70 Å². The lowest BCUT2D eigenvalue weighted by molar-refractivity contribution is 0.103. The molecule has 14 heavy (non-hydrogen) atoms. The van der Waals surface area contributed by atoms with Crippen LogP contribution in [0.5, 0.6) is 0 Å². The van der Waals surface area contributed by atoms with E-state index in [2.05, 4.69) is 15.4 Å². The fourth-order valence-electron chi connectivity index (χ4n) is 1.09. The third-order valence-electron chi connectivity index (χ3n) is 1.76. The molecule has 0 unspecified atom stereocenters. The highest BCUT2D eigenvalue weighted by atomic mass is 127. The van der Waals surface area contributed by atoms with Crippen LogP contribution in [0, 0.1) is 3.70 Å². The van der Waals surface area contributed by atoms with E-state index >= 15 is 0 Å². The number of hydrogen-bond donors (Lipinski definition) is 1. The number of aromatic amines is 1. The summed E-state index contributed by atoms with van der Waals surface area (Å²) in [7, 11) is 0. The maximum Gasteiger partial charge on any atom is 0.216 e. The molecule has 0 bridgehead atoms. The fourth-order valence-corrected chi connectivity index (χ4v) is 1.55. The Bertz CT molecular complexity index is 452. The Morgan fingerprint density at radius 2 is 2.00 bits per heavy atom. The van der Waals surface area contributed by atoms with Crippen LogP contribution in [-0.2, 0) is 0 Å². The van der Waals surface area contributed by atoms with Crippen LogP contribution in [0.15, 0.2) is 30.3 Å². The van der Waals surface area contributed by atoms with Crippen LogP contribution >= 0.6 is 22.6 Å². The molecule has 0 atom stereocenters. The van der Waals surface area contributed by atoms with E-state index in [1.165, 1.54) is 0 Å². The first-order chi connectivity index (χ1) is 6.79. The van der Waals surface area contributed by atoms with Gasteiger partial charge in [-0.1, -0.05) is 35.5 Å². The molecule has 1 aromatic heterocycles. The van der Waals surface area contributed by atoms with E-state index in [1.807, 2.05) is 40.8 Å². The first-order valence-corrected chi connectivity index (χ1v) is 5.03. The summed E-state index contributed by atoms with van der Waals surface area (Å²) in [5, 5.41) is 9.92. The molecule has 0 radical (unpaired) electrons. The summed E-state index contributed by atoms with van der Waals surface area (Å²) in [6.07, 6.45) is 0. The lowest BCUT2D eigenvalue weighted by Gasteiger charge is -1.95. The van der Waals surface area contributed by atoms with Crippen molar-refractivity contribution in [1.82, 2.24) is 15.4 Å². The molecule has 0 aliphatic heterocycles. The standard InChI is InChI=1S/C9H6IN3O/c10-9-7(11-13-12-9)8(14)6-4-2-1-3-5-6/h1-5H,(H,11,12,13). The van der Waals surface area contributed by atoms with Crippen molar-refractivity contribution < 1.29 is 4.79 Å². The molecule has 0 spiro atoms. The molecule has 2 aromatic rings. The Morgan fingerprint density at radius 3 is 2.57 bits per heavy atom. The van der Waals surface area contributed by atoms with Crippen molar-refractivity contribution in [2.75, 3.05) is 0 Å². The number of nitrogens with one attached hydrogen (secondary N) is 1. The monoisotopic (exact) mass is 299 g/mol. The molecule has 0 saturated heterocycles. The van der Waals surface area contributed by atoms with Gasteiger partial charge in [0.25, 0.3) is 0 Å². The van der Waals surface area contributed by atoms with E-state index in [1.54, 1.807) is 12.1 Å². The zero-order valence-corrected chi connectivity index (χ0v) is 9.22. The summed E-state index contributed by atoms with van der Waals surface area (Å²) in [5.41, 5.74) is 0.996. The zero-order chi connectivity index (χ0) is 9.97. The predicted octanol–water partition coefficient (Wildman–Crippen LogP) is 1.64. The van der Waals surface area contributed by atoms with Crippen molar-refractivity contribution in [2.24, 2.45) is 0 Å². The third kappa shape index (κ3) is 1.67. The molecular formula is C9H6IN3O. The molecule has 70 valence electrons. The van der Waals surface area contributed by atoms with Gasteiger partial charge >= 0.3 is 0 Å². The highest BCUT2D eigenvalue weighted by molar-refractivity contribution is 14.1. The summed E-state index contributed by atoms with van der Waals surface area (Å²) in [5.74, 6) is -0.108. The number of nitrogens with zero attached hydrogens (tertiary/aromatic N) is 2. The Kier molecular flexibility index (Phi) is 2.58. The first-order valence-electron chi connectivity index (χ1n) is 3.95. The van der Waals surface area contributed by atoms with E-state index < -0.39 is 0 Å². The molecule has 1 aromatic carbocycles. The number of rotatable bonds is 2. The third-order valence-corrected chi connectivity index (χ3v) is 2.51. The van der Waals surface area contributed by atoms with Gasteiger partial charge in [-0.15, -0.1) is 5.10 Å². The van der Waals surface area contributed by atoms with Gasteiger partial charge in [0.05, 0.1) is 0 Å². The van der Waals surface area contributed by atoms with E-state index in [0.29, 0.717) is 15.0 Å². The van der Waals surface area contributed by atoms with Crippen molar-refractivity contribution in [3.63, 3.8) is 0 Å². The summed E-state index contributed by atoms with van der Waals surface area (Å²) in [4.78, 5) is 11.8. The highest BCUT2D eigenvalue weighted by Crippen LogP contribution is 2.11. The van der Waals surface area contributed by atoms with Gasteiger partial charge in [-0.25, -0.2) is 0 Å². The lowest BCUT2D eigenvalue weighted by Crippen LogP contribution is -2.03. The molecule has 0 amide bonds. The van der Waals surface area contributed by atoms with Crippen LogP contribution < -0.4 is 0 Å². The molecule has 1 heterocycles. The highest BCUT2D eigenvalue weighted by Gasteiger charge is 2.15. The first kappa shape index (κ1) is 9.32. The molecule has 5 heteroatoms. The van der Waals surface area contributed by atoms with Gasteiger partial charge < -0.3 is 0 Å². The van der Waals surface area contributed by atoms with Crippen molar-refractivity contribution >= 4 is 28.4 Å².